The minimum absolute atomic E-state index is 0.659. The van der Waals surface area contributed by atoms with Crippen LogP contribution in [0.15, 0.2) is 48.5 Å². The third kappa shape index (κ3) is 4.23. The molecular formula is C25H27ClN4O. The first kappa shape index (κ1) is 21.2. The minimum Gasteiger partial charge on any atom is -0.494 e. The van der Waals surface area contributed by atoms with E-state index < -0.39 is 0 Å². The third-order valence-electron chi connectivity index (χ3n) is 5.57. The van der Waals surface area contributed by atoms with Gasteiger partial charge in [-0.05, 0) is 76.1 Å². The SMILES string of the molecule is CCOc1ccc(-n2c(C)c3c(C)nnc(NCCc4ccc(Cl)cc4)c3c2C)cc1. The number of ether oxygens (including phenoxy) is 1. The lowest BCUT2D eigenvalue weighted by molar-refractivity contribution is 0.340. The van der Waals surface area contributed by atoms with Gasteiger partial charge in [0.25, 0.3) is 0 Å². The quantitative estimate of drug-likeness (QED) is 0.384. The van der Waals surface area contributed by atoms with E-state index >= 15 is 0 Å². The molecule has 1 N–H and O–H groups in total. The highest BCUT2D eigenvalue weighted by molar-refractivity contribution is 6.30. The van der Waals surface area contributed by atoms with Crippen LogP contribution in [0.3, 0.4) is 0 Å². The predicted octanol–water partition coefficient (Wildman–Crippen LogP) is 6.05. The van der Waals surface area contributed by atoms with Crippen LogP contribution in [0.2, 0.25) is 5.02 Å². The van der Waals surface area contributed by atoms with Crippen LogP contribution in [0.5, 0.6) is 5.75 Å². The third-order valence-corrected chi connectivity index (χ3v) is 5.82. The Kier molecular flexibility index (Phi) is 6.14. The van der Waals surface area contributed by atoms with Gasteiger partial charge in [0.1, 0.15) is 5.75 Å². The number of halogens is 1. The van der Waals surface area contributed by atoms with Gasteiger partial charge in [-0.1, -0.05) is 23.7 Å². The minimum atomic E-state index is 0.659. The average molecular weight is 435 g/mol. The van der Waals surface area contributed by atoms with Gasteiger partial charge in [-0.25, -0.2) is 0 Å². The van der Waals surface area contributed by atoms with Crippen LogP contribution in [0.1, 0.15) is 29.6 Å². The highest BCUT2D eigenvalue weighted by Gasteiger charge is 2.19. The van der Waals surface area contributed by atoms with Gasteiger partial charge in [-0.2, -0.15) is 5.10 Å². The molecule has 0 bridgehead atoms. The number of benzene rings is 2. The van der Waals surface area contributed by atoms with Crippen LogP contribution in [-0.2, 0) is 6.42 Å². The Morgan fingerprint density at radius 2 is 1.58 bits per heavy atom. The van der Waals surface area contributed by atoms with Crippen molar-refractivity contribution in [3.8, 4) is 11.4 Å². The second-order valence-corrected chi connectivity index (χ2v) is 8.06. The summed E-state index contributed by atoms with van der Waals surface area (Å²) in [6.07, 6.45) is 0.881. The Bertz CT molecular complexity index is 1200. The summed E-state index contributed by atoms with van der Waals surface area (Å²) in [6, 6.07) is 16.2. The van der Waals surface area contributed by atoms with Gasteiger partial charge in [0.15, 0.2) is 5.82 Å². The van der Waals surface area contributed by atoms with E-state index in [4.69, 9.17) is 16.3 Å². The molecule has 0 aliphatic carbocycles. The van der Waals surface area contributed by atoms with Crippen molar-refractivity contribution in [2.75, 3.05) is 18.5 Å². The number of aromatic nitrogens is 3. The normalized spacial score (nSPS) is 11.1. The van der Waals surface area contributed by atoms with Crippen molar-refractivity contribution in [3.63, 3.8) is 0 Å². The summed E-state index contributed by atoms with van der Waals surface area (Å²) in [5.74, 6) is 1.70. The maximum atomic E-state index is 5.99. The van der Waals surface area contributed by atoms with E-state index in [-0.39, 0.29) is 0 Å². The smallest absolute Gasteiger partial charge is 0.158 e. The van der Waals surface area contributed by atoms with Gasteiger partial charge in [0, 0.05) is 39.4 Å². The Morgan fingerprint density at radius 3 is 2.26 bits per heavy atom. The molecule has 4 aromatic rings. The van der Waals surface area contributed by atoms with Crippen molar-refractivity contribution < 1.29 is 4.74 Å². The molecular weight excluding hydrogens is 408 g/mol. The maximum absolute atomic E-state index is 5.99. The fourth-order valence-electron chi connectivity index (χ4n) is 4.14. The molecule has 0 radical (unpaired) electrons. The first-order chi connectivity index (χ1) is 15.0. The number of fused-ring (bicyclic) bond motifs is 1. The summed E-state index contributed by atoms with van der Waals surface area (Å²) < 4.78 is 7.86. The highest BCUT2D eigenvalue weighted by atomic mass is 35.5. The molecule has 0 spiro atoms. The number of hydrogen-bond acceptors (Lipinski definition) is 4. The second-order valence-electron chi connectivity index (χ2n) is 7.62. The lowest BCUT2D eigenvalue weighted by Crippen LogP contribution is -2.08. The van der Waals surface area contributed by atoms with Gasteiger partial charge in [-0.3, -0.25) is 0 Å². The fourth-order valence-corrected chi connectivity index (χ4v) is 4.27. The summed E-state index contributed by atoms with van der Waals surface area (Å²) in [5.41, 5.74) is 5.56. The van der Waals surface area contributed by atoms with Gasteiger partial charge >= 0.3 is 0 Å². The highest BCUT2D eigenvalue weighted by Crippen LogP contribution is 2.34. The van der Waals surface area contributed by atoms with Gasteiger partial charge < -0.3 is 14.6 Å². The molecule has 0 aliphatic heterocycles. The molecule has 160 valence electrons. The second kappa shape index (κ2) is 8.98. The lowest BCUT2D eigenvalue weighted by atomic mass is 10.1. The van der Waals surface area contributed by atoms with Crippen molar-refractivity contribution in [2.24, 2.45) is 0 Å². The summed E-state index contributed by atoms with van der Waals surface area (Å²) in [4.78, 5) is 0. The molecule has 0 saturated carbocycles. The van der Waals surface area contributed by atoms with Gasteiger partial charge in [0.2, 0.25) is 0 Å². The zero-order valence-corrected chi connectivity index (χ0v) is 19.1. The van der Waals surface area contributed by atoms with Gasteiger partial charge in [0.05, 0.1) is 12.3 Å². The molecule has 4 rings (SSSR count). The van der Waals surface area contributed by atoms with E-state index in [9.17, 15) is 0 Å². The number of aryl methyl sites for hydroxylation is 3. The zero-order valence-electron chi connectivity index (χ0n) is 18.4. The Balaban J connectivity index is 1.67. The molecule has 31 heavy (non-hydrogen) atoms. The molecule has 2 aromatic heterocycles. The molecule has 0 atom stereocenters. The molecule has 0 fully saturated rings. The number of hydrogen-bond donors (Lipinski definition) is 1. The van der Waals surface area contributed by atoms with Crippen LogP contribution >= 0.6 is 11.6 Å². The van der Waals surface area contributed by atoms with E-state index in [0.717, 1.165) is 63.1 Å². The maximum Gasteiger partial charge on any atom is 0.158 e. The van der Waals surface area contributed by atoms with Gasteiger partial charge in [-0.15, -0.1) is 5.10 Å². The Morgan fingerprint density at radius 1 is 0.903 bits per heavy atom. The van der Waals surface area contributed by atoms with Crippen LogP contribution in [0, 0.1) is 20.8 Å². The lowest BCUT2D eigenvalue weighted by Gasteiger charge is -2.11. The molecule has 6 heteroatoms. The number of anilines is 1. The molecule has 5 nitrogen and oxygen atoms in total. The predicted molar refractivity (Wildman–Crippen MR) is 128 cm³/mol. The van der Waals surface area contributed by atoms with Crippen molar-refractivity contribution in [1.29, 1.82) is 0 Å². The van der Waals surface area contributed by atoms with Crippen LogP contribution < -0.4 is 10.1 Å². The molecule has 0 aliphatic rings. The zero-order chi connectivity index (χ0) is 22.0. The molecule has 0 saturated heterocycles. The first-order valence-corrected chi connectivity index (χ1v) is 10.9. The van der Waals surface area contributed by atoms with Crippen molar-refractivity contribution >= 4 is 28.2 Å². The van der Waals surface area contributed by atoms with E-state index in [2.05, 4.69) is 58.2 Å². The average Bonchev–Trinajstić information content (AvgIpc) is 3.03. The van der Waals surface area contributed by atoms with Crippen molar-refractivity contribution in [2.45, 2.75) is 34.1 Å². The molecule has 2 aromatic carbocycles. The van der Waals surface area contributed by atoms with Crippen LogP contribution in [0.25, 0.3) is 16.5 Å². The largest absolute Gasteiger partial charge is 0.494 e. The van der Waals surface area contributed by atoms with E-state index in [1.807, 2.05) is 38.1 Å². The van der Waals surface area contributed by atoms with Crippen LogP contribution in [0.4, 0.5) is 5.82 Å². The summed E-state index contributed by atoms with van der Waals surface area (Å²) in [6.45, 7) is 9.70. The fraction of sp³-hybridized carbons (Fsp3) is 0.280. The molecule has 0 unspecified atom stereocenters. The van der Waals surface area contributed by atoms with Crippen molar-refractivity contribution in [1.82, 2.24) is 14.8 Å². The number of nitrogens with one attached hydrogen (secondary N) is 1. The Hall–Kier alpha value is -3.05. The Labute approximate surface area is 188 Å². The van der Waals surface area contributed by atoms with E-state index in [0.29, 0.717) is 6.61 Å². The standard InChI is InChI=1S/C25H27ClN4O/c1-5-31-22-12-10-21(11-13-22)30-17(3)23-16(2)28-29-25(24(23)18(30)4)27-15-14-19-6-8-20(26)9-7-19/h6-13H,5,14-15H2,1-4H3,(H,27,29). The summed E-state index contributed by atoms with van der Waals surface area (Å²) in [7, 11) is 0. The topological polar surface area (TPSA) is 52.0 Å². The van der Waals surface area contributed by atoms with E-state index in [1.165, 1.54) is 5.56 Å². The number of nitrogens with zero attached hydrogens (tertiary/aromatic N) is 3. The number of rotatable bonds is 7. The van der Waals surface area contributed by atoms with Crippen molar-refractivity contribution in [3.05, 3.63) is 76.2 Å². The van der Waals surface area contributed by atoms with Crippen LogP contribution in [-0.4, -0.2) is 27.9 Å². The molecule has 2 heterocycles. The first-order valence-electron chi connectivity index (χ1n) is 10.6. The molecule has 0 amide bonds. The summed E-state index contributed by atoms with van der Waals surface area (Å²) >= 11 is 5.99. The monoisotopic (exact) mass is 434 g/mol. The summed E-state index contributed by atoms with van der Waals surface area (Å²) in [5, 5.41) is 15.4. The van der Waals surface area contributed by atoms with E-state index in [1.54, 1.807) is 0 Å².